The number of nitro benzene ring substituents is 1. The van der Waals surface area contributed by atoms with Crippen LogP contribution in [0.15, 0.2) is 47.6 Å². The quantitative estimate of drug-likeness (QED) is 0.266. The predicted octanol–water partition coefficient (Wildman–Crippen LogP) is 3.97. The SMILES string of the molecule is [N-]=[N+]=N[C@@H]1c2ccccc2-c2ccc([N+](=O)[O-])cc21. The van der Waals surface area contributed by atoms with Crippen molar-refractivity contribution in [3.05, 3.63) is 74.1 Å². The standard InChI is InChI=1S/C13H8N4O2/c14-16-15-13-11-4-2-1-3-9(11)10-6-5-8(17(18)19)7-12(10)13/h1-7,13H/t13-/m1/s1. The van der Waals surface area contributed by atoms with Gasteiger partial charge in [0.05, 0.1) is 11.0 Å². The molecule has 0 N–H and O–H groups in total. The summed E-state index contributed by atoms with van der Waals surface area (Å²) in [5, 5.41) is 14.6. The molecule has 0 amide bonds. The van der Waals surface area contributed by atoms with Crippen molar-refractivity contribution in [2.75, 3.05) is 0 Å². The zero-order valence-corrected chi connectivity index (χ0v) is 9.72. The Balaban J connectivity index is 2.28. The summed E-state index contributed by atoms with van der Waals surface area (Å²) in [6, 6.07) is 11.7. The Labute approximate surface area is 108 Å². The van der Waals surface area contributed by atoms with Crippen LogP contribution in [0.5, 0.6) is 0 Å². The van der Waals surface area contributed by atoms with Crippen LogP contribution in [0.25, 0.3) is 21.6 Å². The minimum absolute atomic E-state index is 0.00435. The van der Waals surface area contributed by atoms with Crippen LogP contribution in [-0.2, 0) is 0 Å². The van der Waals surface area contributed by atoms with Crippen LogP contribution in [0.3, 0.4) is 0 Å². The average molecular weight is 252 g/mol. The molecule has 0 saturated heterocycles. The van der Waals surface area contributed by atoms with Gasteiger partial charge in [0.25, 0.3) is 5.69 Å². The molecular formula is C13H8N4O2. The molecule has 6 heteroatoms. The van der Waals surface area contributed by atoms with Gasteiger partial charge in [0.1, 0.15) is 0 Å². The van der Waals surface area contributed by atoms with E-state index in [1.807, 2.05) is 24.3 Å². The molecular weight excluding hydrogens is 244 g/mol. The lowest BCUT2D eigenvalue weighted by Gasteiger charge is -2.05. The molecule has 3 rings (SSSR count). The van der Waals surface area contributed by atoms with Crippen LogP contribution in [0, 0.1) is 10.1 Å². The van der Waals surface area contributed by atoms with Crippen molar-refractivity contribution in [1.82, 2.24) is 0 Å². The monoisotopic (exact) mass is 252 g/mol. The Hall–Kier alpha value is -2.85. The molecule has 1 aliphatic carbocycles. The summed E-state index contributed by atoms with van der Waals surface area (Å²) < 4.78 is 0. The van der Waals surface area contributed by atoms with Gasteiger partial charge in [-0.3, -0.25) is 10.1 Å². The largest absolute Gasteiger partial charge is 0.269 e. The van der Waals surface area contributed by atoms with Crippen molar-refractivity contribution in [3.63, 3.8) is 0 Å². The molecule has 19 heavy (non-hydrogen) atoms. The average Bonchev–Trinajstić information content (AvgIpc) is 2.74. The van der Waals surface area contributed by atoms with Crippen molar-refractivity contribution in [1.29, 1.82) is 0 Å². The predicted molar refractivity (Wildman–Crippen MR) is 69.5 cm³/mol. The number of non-ortho nitro benzene ring substituents is 1. The number of hydrogen-bond acceptors (Lipinski definition) is 3. The molecule has 2 aromatic carbocycles. The smallest absolute Gasteiger partial charge is 0.258 e. The summed E-state index contributed by atoms with van der Waals surface area (Å²) in [5.41, 5.74) is 12.1. The molecule has 0 saturated carbocycles. The van der Waals surface area contributed by atoms with E-state index in [0.717, 1.165) is 16.7 Å². The van der Waals surface area contributed by atoms with Gasteiger partial charge >= 0.3 is 0 Å². The number of nitro groups is 1. The molecule has 1 aliphatic rings. The van der Waals surface area contributed by atoms with E-state index in [1.54, 1.807) is 6.07 Å². The molecule has 6 nitrogen and oxygen atoms in total. The maximum Gasteiger partial charge on any atom is 0.269 e. The lowest BCUT2D eigenvalue weighted by molar-refractivity contribution is -0.384. The van der Waals surface area contributed by atoms with E-state index in [2.05, 4.69) is 10.0 Å². The number of hydrogen-bond donors (Lipinski definition) is 0. The Morgan fingerprint density at radius 3 is 2.63 bits per heavy atom. The Morgan fingerprint density at radius 1 is 1.16 bits per heavy atom. The van der Waals surface area contributed by atoms with Crippen molar-refractivity contribution in [3.8, 4) is 11.1 Å². The van der Waals surface area contributed by atoms with E-state index in [4.69, 9.17) is 5.53 Å². The minimum atomic E-state index is -0.490. The first-order chi connectivity index (χ1) is 9.22. The lowest BCUT2D eigenvalue weighted by Crippen LogP contribution is -1.93. The number of benzene rings is 2. The van der Waals surface area contributed by atoms with Gasteiger partial charge in [0, 0.05) is 17.0 Å². The van der Waals surface area contributed by atoms with E-state index in [1.165, 1.54) is 12.1 Å². The zero-order valence-electron chi connectivity index (χ0n) is 9.72. The van der Waals surface area contributed by atoms with Crippen LogP contribution in [-0.4, -0.2) is 4.92 Å². The fraction of sp³-hybridized carbons (Fsp3) is 0.0769. The summed E-state index contributed by atoms with van der Waals surface area (Å²) in [5.74, 6) is 0. The Bertz CT molecular complexity index is 735. The van der Waals surface area contributed by atoms with Crippen LogP contribution in [0.4, 0.5) is 5.69 Å². The van der Waals surface area contributed by atoms with Gasteiger partial charge in [-0.15, -0.1) is 0 Å². The van der Waals surface area contributed by atoms with E-state index in [9.17, 15) is 10.1 Å². The molecule has 0 fully saturated rings. The fourth-order valence-corrected chi connectivity index (χ4v) is 2.46. The number of fused-ring (bicyclic) bond motifs is 3. The van der Waals surface area contributed by atoms with Gasteiger partial charge in [-0.05, 0) is 33.9 Å². The van der Waals surface area contributed by atoms with Crippen LogP contribution < -0.4 is 0 Å². The van der Waals surface area contributed by atoms with Crippen molar-refractivity contribution < 1.29 is 4.92 Å². The molecule has 0 spiro atoms. The third-order valence-corrected chi connectivity index (χ3v) is 3.25. The van der Waals surface area contributed by atoms with Gasteiger partial charge in [0.15, 0.2) is 0 Å². The second kappa shape index (κ2) is 4.12. The highest BCUT2D eigenvalue weighted by Gasteiger charge is 2.29. The summed E-state index contributed by atoms with van der Waals surface area (Å²) in [7, 11) is 0. The normalized spacial score (nSPS) is 15.3. The van der Waals surface area contributed by atoms with Crippen LogP contribution in [0.1, 0.15) is 17.2 Å². The van der Waals surface area contributed by atoms with Gasteiger partial charge in [-0.1, -0.05) is 29.4 Å². The van der Waals surface area contributed by atoms with Crippen molar-refractivity contribution >= 4 is 5.69 Å². The lowest BCUT2D eigenvalue weighted by atomic mass is 10.1. The maximum atomic E-state index is 10.8. The maximum absolute atomic E-state index is 10.8. The highest BCUT2D eigenvalue weighted by atomic mass is 16.6. The van der Waals surface area contributed by atoms with Crippen LogP contribution >= 0.6 is 0 Å². The third-order valence-electron chi connectivity index (χ3n) is 3.25. The van der Waals surface area contributed by atoms with E-state index >= 15 is 0 Å². The minimum Gasteiger partial charge on any atom is -0.258 e. The molecule has 92 valence electrons. The third kappa shape index (κ3) is 1.63. The second-order valence-electron chi connectivity index (χ2n) is 4.22. The molecule has 0 bridgehead atoms. The van der Waals surface area contributed by atoms with Gasteiger partial charge < -0.3 is 0 Å². The molecule has 0 aromatic heterocycles. The summed E-state index contributed by atoms with van der Waals surface area (Å²) in [6.45, 7) is 0. The first kappa shape index (κ1) is 11.3. The number of nitrogens with zero attached hydrogens (tertiary/aromatic N) is 4. The topological polar surface area (TPSA) is 91.9 Å². The molecule has 2 aromatic rings. The van der Waals surface area contributed by atoms with Gasteiger partial charge in [-0.25, -0.2) is 0 Å². The fourth-order valence-electron chi connectivity index (χ4n) is 2.46. The molecule has 1 atom stereocenters. The summed E-state index contributed by atoms with van der Waals surface area (Å²) in [6.07, 6.45) is 0. The first-order valence-corrected chi connectivity index (χ1v) is 5.64. The molecule has 0 radical (unpaired) electrons. The van der Waals surface area contributed by atoms with E-state index in [0.29, 0.717) is 5.56 Å². The molecule has 0 heterocycles. The molecule has 0 unspecified atom stereocenters. The number of azide groups is 1. The highest BCUT2D eigenvalue weighted by Crippen LogP contribution is 2.46. The Kier molecular flexibility index (Phi) is 2.44. The van der Waals surface area contributed by atoms with Gasteiger partial charge in [-0.2, -0.15) is 0 Å². The zero-order chi connectivity index (χ0) is 13.4. The number of rotatable bonds is 2. The van der Waals surface area contributed by atoms with E-state index < -0.39 is 11.0 Å². The molecule has 0 aliphatic heterocycles. The first-order valence-electron chi connectivity index (χ1n) is 5.64. The highest BCUT2D eigenvalue weighted by molar-refractivity contribution is 5.79. The van der Waals surface area contributed by atoms with Gasteiger partial charge in [0.2, 0.25) is 0 Å². The van der Waals surface area contributed by atoms with Crippen molar-refractivity contribution in [2.24, 2.45) is 5.11 Å². The van der Waals surface area contributed by atoms with E-state index in [-0.39, 0.29) is 5.69 Å². The summed E-state index contributed by atoms with van der Waals surface area (Å²) in [4.78, 5) is 13.2. The summed E-state index contributed by atoms with van der Waals surface area (Å²) >= 11 is 0. The Morgan fingerprint density at radius 2 is 1.89 bits per heavy atom. The van der Waals surface area contributed by atoms with Crippen molar-refractivity contribution in [2.45, 2.75) is 6.04 Å². The van der Waals surface area contributed by atoms with Crippen LogP contribution in [0.2, 0.25) is 0 Å². The second-order valence-corrected chi connectivity index (χ2v) is 4.22.